The van der Waals surface area contributed by atoms with E-state index in [1.807, 2.05) is 47.2 Å². The van der Waals surface area contributed by atoms with Crippen LogP contribution in [0.1, 0.15) is 6.92 Å². The fourth-order valence-electron chi connectivity index (χ4n) is 3.65. The van der Waals surface area contributed by atoms with Crippen LogP contribution in [0.25, 0.3) is 0 Å². The second-order valence-corrected chi connectivity index (χ2v) is 7.09. The van der Waals surface area contributed by atoms with E-state index in [2.05, 4.69) is 0 Å². The van der Waals surface area contributed by atoms with E-state index in [0.717, 1.165) is 11.4 Å². The molecule has 4 rings (SSSR count). The minimum Gasteiger partial charge on any atom is -0.383 e. The summed E-state index contributed by atoms with van der Waals surface area (Å²) in [7, 11) is 3.21. The number of urea groups is 1. The van der Waals surface area contributed by atoms with E-state index in [4.69, 9.17) is 21.3 Å². The maximum atomic E-state index is 13.0. The molecule has 0 aliphatic carbocycles. The summed E-state index contributed by atoms with van der Waals surface area (Å²) in [6, 6.07) is 6.48. The molecule has 1 fully saturated rings. The Morgan fingerprint density at radius 3 is 2.59 bits per heavy atom. The van der Waals surface area contributed by atoms with Crippen LogP contribution in [-0.2, 0) is 9.53 Å². The van der Waals surface area contributed by atoms with Gasteiger partial charge in [0.1, 0.15) is 0 Å². The molecule has 9 heteroatoms. The highest BCUT2D eigenvalue weighted by molar-refractivity contribution is 6.30. The highest BCUT2D eigenvalue weighted by Crippen LogP contribution is 2.36. The first kappa shape index (κ1) is 17.8. The molecule has 0 saturated carbocycles. The fourth-order valence-corrected chi connectivity index (χ4v) is 3.78. The predicted molar refractivity (Wildman–Crippen MR) is 101 cm³/mol. The second kappa shape index (κ2) is 6.54. The lowest BCUT2D eigenvalue weighted by Crippen LogP contribution is -2.64. The van der Waals surface area contributed by atoms with Crippen LogP contribution in [0, 0.1) is 0 Å². The van der Waals surface area contributed by atoms with Gasteiger partial charge in [-0.1, -0.05) is 11.6 Å². The molecule has 8 nitrogen and oxygen atoms in total. The van der Waals surface area contributed by atoms with Gasteiger partial charge in [0.05, 0.1) is 13.2 Å². The van der Waals surface area contributed by atoms with E-state index >= 15 is 0 Å². The van der Waals surface area contributed by atoms with Gasteiger partial charge in [-0.25, -0.2) is 9.79 Å². The first-order chi connectivity index (χ1) is 12.9. The van der Waals surface area contributed by atoms with E-state index in [1.165, 1.54) is 9.80 Å². The van der Waals surface area contributed by atoms with E-state index in [1.54, 1.807) is 14.2 Å². The van der Waals surface area contributed by atoms with E-state index < -0.39 is 12.2 Å². The summed E-state index contributed by atoms with van der Waals surface area (Å²) in [5, 5.41) is 0.646. The second-order valence-electron chi connectivity index (χ2n) is 6.65. The van der Waals surface area contributed by atoms with E-state index in [9.17, 15) is 9.59 Å². The number of hydrogen-bond donors (Lipinski definition) is 0. The SMILES string of the molecule is COCCN1C(=O)C2C(N=C3N(c4ccc(Cl)cc4)C(C)=CN32)N(C)C1=O. The number of hydrogen-bond acceptors (Lipinski definition) is 6. The number of halogens is 1. The number of imide groups is 1. The summed E-state index contributed by atoms with van der Waals surface area (Å²) in [5.74, 6) is 0.368. The van der Waals surface area contributed by atoms with Crippen LogP contribution in [0.2, 0.25) is 5.02 Å². The number of amides is 3. The summed E-state index contributed by atoms with van der Waals surface area (Å²) in [6.45, 7) is 2.46. The monoisotopic (exact) mass is 389 g/mol. The van der Waals surface area contributed by atoms with Crippen LogP contribution in [0.4, 0.5) is 10.5 Å². The number of allylic oxidation sites excluding steroid dienone is 1. The molecule has 1 saturated heterocycles. The Hall–Kier alpha value is -2.58. The molecular formula is C18H20ClN5O3. The molecule has 0 aromatic heterocycles. The van der Waals surface area contributed by atoms with Gasteiger partial charge in [-0.2, -0.15) is 0 Å². The van der Waals surface area contributed by atoms with Crippen molar-refractivity contribution in [1.29, 1.82) is 0 Å². The molecule has 3 aliphatic heterocycles. The van der Waals surface area contributed by atoms with Crippen molar-refractivity contribution in [2.45, 2.75) is 19.1 Å². The summed E-state index contributed by atoms with van der Waals surface area (Å²) in [6.07, 6.45) is 1.34. The topological polar surface area (TPSA) is 68.7 Å². The van der Waals surface area contributed by atoms with Crippen molar-refractivity contribution in [2.24, 2.45) is 4.99 Å². The third-order valence-corrected chi connectivity index (χ3v) is 5.24. The summed E-state index contributed by atoms with van der Waals surface area (Å²) in [4.78, 5) is 36.9. The third-order valence-electron chi connectivity index (χ3n) is 4.99. The van der Waals surface area contributed by atoms with Gasteiger partial charge in [0.15, 0.2) is 12.2 Å². The maximum Gasteiger partial charge on any atom is 0.328 e. The highest BCUT2D eigenvalue weighted by Gasteiger charge is 2.54. The van der Waals surface area contributed by atoms with Gasteiger partial charge in [0.25, 0.3) is 5.91 Å². The molecule has 1 aromatic rings. The van der Waals surface area contributed by atoms with Crippen molar-refractivity contribution >= 4 is 35.2 Å². The minimum absolute atomic E-state index is 0.217. The molecule has 3 amide bonds. The number of nitrogens with zero attached hydrogens (tertiary/aromatic N) is 5. The average Bonchev–Trinajstić information content (AvgIpc) is 3.15. The number of rotatable bonds is 4. The van der Waals surface area contributed by atoms with E-state index in [-0.39, 0.29) is 18.5 Å². The molecule has 0 N–H and O–H groups in total. The minimum atomic E-state index is -0.577. The Labute approximate surface area is 162 Å². The van der Waals surface area contributed by atoms with Crippen molar-refractivity contribution < 1.29 is 14.3 Å². The van der Waals surface area contributed by atoms with Gasteiger partial charge in [-0.05, 0) is 31.2 Å². The van der Waals surface area contributed by atoms with Gasteiger partial charge in [0.2, 0.25) is 5.96 Å². The Balaban J connectivity index is 1.68. The van der Waals surface area contributed by atoms with Crippen molar-refractivity contribution in [1.82, 2.24) is 14.7 Å². The predicted octanol–water partition coefficient (Wildman–Crippen LogP) is 1.93. The quantitative estimate of drug-likeness (QED) is 0.787. The zero-order valence-corrected chi connectivity index (χ0v) is 16.1. The first-order valence-electron chi connectivity index (χ1n) is 8.61. The van der Waals surface area contributed by atoms with Gasteiger partial charge in [-0.15, -0.1) is 0 Å². The number of carbonyl (C=O) groups is 2. The standard InChI is InChI=1S/C18H20ClN5O3/c1-11-10-23-14-15(21(2)18(26)22(16(14)25)8-9-27-3)20-17(23)24(11)13-6-4-12(19)5-7-13/h4-7,10,14-15H,8-9H2,1-3H3. The smallest absolute Gasteiger partial charge is 0.328 e. The molecule has 2 atom stereocenters. The number of anilines is 1. The molecule has 3 aliphatic rings. The Morgan fingerprint density at radius 2 is 1.93 bits per heavy atom. The number of ether oxygens (including phenoxy) is 1. The third kappa shape index (κ3) is 2.67. The Bertz CT molecular complexity index is 853. The summed E-state index contributed by atoms with van der Waals surface area (Å²) >= 11 is 6.00. The summed E-state index contributed by atoms with van der Waals surface area (Å²) in [5.41, 5.74) is 1.83. The number of methoxy groups -OCH3 is 1. The molecular weight excluding hydrogens is 370 g/mol. The molecule has 0 bridgehead atoms. The molecule has 3 heterocycles. The largest absolute Gasteiger partial charge is 0.383 e. The van der Waals surface area contributed by atoms with Crippen LogP contribution in [0.5, 0.6) is 0 Å². The number of likely N-dealkylation sites (N-methyl/N-ethyl adjacent to an activating group) is 1. The van der Waals surface area contributed by atoms with Crippen molar-refractivity contribution in [2.75, 3.05) is 32.2 Å². The fraction of sp³-hybridized carbons (Fsp3) is 0.389. The summed E-state index contributed by atoms with van der Waals surface area (Å²) < 4.78 is 5.04. The van der Waals surface area contributed by atoms with Crippen LogP contribution < -0.4 is 4.90 Å². The number of guanidine groups is 1. The maximum absolute atomic E-state index is 13.0. The zero-order valence-electron chi connectivity index (χ0n) is 15.3. The van der Waals surface area contributed by atoms with Crippen molar-refractivity contribution in [3.8, 4) is 0 Å². The van der Waals surface area contributed by atoms with Gasteiger partial charge in [0, 0.05) is 36.8 Å². The normalized spacial score (nSPS) is 24.3. The van der Waals surface area contributed by atoms with Crippen LogP contribution in [0.15, 0.2) is 41.2 Å². The Morgan fingerprint density at radius 1 is 1.22 bits per heavy atom. The Kier molecular flexibility index (Phi) is 4.32. The molecule has 0 spiro atoms. The number of benzene rings is 1. The average molecular weight is 390 g/mol. The number of aliphatic imine (C=N–C) groups is 1. The van der Waals surface area contributed by atoms with Gasteiger partial charge < -0.3 is 14.5 Å². The van der Waals surface area contributed by atoms with Crippen LogP contribution in [-0.4, -0.2) is 72.1 Å². The molecule has 1 aromatic carbocycles. The molecule has 142 valence electrons. The lowest BCUT2D eigenvalue weighted by molar-refractivity contribution is -0.137. The lowest BCUT2D eigenvalue weighted by Gasteiger charge is -2.40. The van der Waals surface area contributed by atoms with E-state index in [0.29, 0.717) is 17.6 Å². The molecule has 2 unspecified atom stereocenters. The van der Waals surface area contributed by atoms with Gasteiger partial charge >= 0.3 is 6.03 Å². The van der Waals surface area contributed by atoms with Crippen molar-refractivity contribution in [3.63, 3.8) is 0 Å². The first-order valence-corrected chi connectivity index (χ1v) is 8.99. The van der Waals surface area contributed by atoms with Gasteiger partial charge in [-0.3, -0.25) is 14.6 Å². The van der Waals surface area contributed by atoms with Crippen molar-refractivity contribution in [3.05, 3.63) is 41.2 Å². The van der Waals surface area contributed by atoms with Crippen LogP contribution in [0.3, 0.4) is 0 Å². The lowest BCUT2D eigenvalue weighted by atomic mass is 10.1. The van der Waals surface area contributed by atoms with Crippen LogP contribution >= 0.6 is 11.6 Å². The number of fused-ring (bicyclic) bond motifs is 3. The molecule has 0 radical (unpaired) electrons. The zero-order chi connectivity index (χ0) is 19.3. The number of carbonyl (C=O) groups excluding carboxylic acids is 2. The highest BCUT2D eigenvalue weighted by atomic mass is 35.5. The molecule has 27 heavy (non-hydrogen) atoms.